The van der Waals surface area contributed by atoms with E-state index in [4.69, 9.17) is 4.74 Å². The number of hydrogen-bond acceptors (Lipinski definition) is 4. The molecule has 3 aliphatic heterocycles. The van der Waals surface area contributed by atoms with E-state index in [1.165, 1.54) is 0 Å². The lowest BCUT2D eigenvalue weighted by atomic mass is 10.1. The second-order valence-electron chi connectivity index (χ2n) is 7.55. The van der Waals surface area contributed by atoms with E-state index in [2.05, 4.69) is 4.90 Å². The van der Waals surface area contributed by atoms with Crippen LogP contribution in [0.3, 0.4) is 0 Å². The van der Waals surface area contributed by atoms with Crippen molar-refractivity contribution in [3.63, 3.8) is 0 Å². The molecule has 0 aromatic heterocycles. The minimum Gasteiger partial charge on any atom is -0.381 e. The number of carbonyl (C=O) groups excluding carboxylic acids is 2. The van der Waals surface area contributed by atoms with Crippen LogP contribution in [0.5, 0.6) is 0 Å². The van der Waals surface area contributed by atoms with Gasteiger partial charge in [-0.05, 0) is 25.7 Å². The van der Waals surface area contributed by atoms with Crippen molar-refractivity contribution in [1.82, 2.24) is 14.7 Å². The molecular formula is C18H31N3O3. The summed E-state index contributed by atoms with van der Waals surface area (Å²) >= 11 is 0. The molecule has 3 fully saturated rings. The first-order valence-electron chi connectivity index (χ1n) is 9.49. The molecule has 6 nitrogen and oxygen atoms in total. The highest BCUT2D eigenvalue weighted by atomic mass is 16.5. The van der Waals surface area contributed by atoms with Crippen LogP contribution in [0.1, 0.15) is 39.5 Å². The molecule has 3 aliphatic rings. The fourth-order valence-electron chi connectivity index (χ4n) is 4.19. The van der Waals surface area contributed by atoms with E-state index in [1.54, 1.807) is 0 Å². The van der Waals surface area contributed by atoms with Crippen molar-refractivity contribution in [3.05, 3.63) is 0 Å². The lowest BCUT2D eigenvalue weighted by Crippen LogP contribution is -2.56. The van der Waals surface area contributed by atoms with Gasteiger partial charge in [0.15, 0.2) is 0 Å². The second kappa shape index (κ2) is 7.83. The van der Waals surface area contributed by atoms with Gasteiger partial charge in [0, 0.05) is 57.9 Å². The molecular weight excluding hydrogens is 306 g/mol. The first-order chi connectivity index (χ1) is 11.6. The molecule has 3 rings (SSSR count). The Morgan fingerprint density at radius 2 is 1.62 bits per heavy atom. The monoisotopic (exact) mass is 337 g/mol. The van der Waals surface area contributed by atoms with Crippen LogP contribution in [0.25, 0.3) is 0 Å². The van der Waals surface area contributed by atoms with Crippen molar-refractivity contribution in [1.29, 1.82) is 0 Å². The van der Waals surface area contributed by atoms with E-state index in [9.17, 15) is 9.59 Å². The normalized spacial score (nSPS) is 27.0. The van der Waals surface area contributed by atoms with Gasteiger partial charge in [0.2, 0.25) is 11.8 Å². The Morgan fingerprint density at radius 1 is 0.958 bits per heavy atom. The minimum atomic E-state index is -0.227. The van der Waals surface area contributed by atoms with Crippen molar-refractivity contribution >= 4 is 11.8 Å². The van der Waals surface area contributed by atoms with E-state index in [-0.39, 0.29) is 23.8 Å². The van der Waals surface area contributed by atoms with Gasteiger partial charge in [-0.3, -0.25) is 14.5 Å². The van der Waals surface area contributed by atoms with Gasteiger partial charge in [0.1, 0.15) is 6.04 Å². The average Bonchev–Trinajstić information content (AvgIpc) is 3.11. The summed E-state index contributed by atoms with van der Waals surface area (Å²) in [5.41, 5.74) is 0. The van der Waals surface area contributed by atoms with Crippen LogP contribution in [-0.4, -0.2) is 84.5 Å². The summed E-state index contributed by atoms with van der Waals surface area (Å²) in [4.78, 5) is 31.6. The van der Waals surface area contributed by atoms with Crippen LogP contribution in [0, 0.1) is 5.92 Å². The zero-order chi connectivity index (χ0) is 17.1. The Morgan fingerprint density at radius 3 is 2.25 bits per heavy atom. The number of nitrogens with zero attached hydrogens (tertiary/aromatic N) is 3. The lowest BCUT2D eigenvalue weighted by Gasteiger charge is -2.41. The number of hydrogen-bond donors (Lipinski definition) is 0. The summed E-state index contributed by atoms with van der Waals surface area (Å²) < 4.78 is 5.44. The standard InChI is InChI=1S/C18H31N3O3/c1-14(2)17(22)21-7-3-4-16(21)18(23)20-10-8-19(9-11-20)15-5-12-24-13-6-15/h14-16H,3-13H2,1-2H3. The van der Waals surface area contributed by atoms with Gasteiger partial charge in [-0.1, -0.05) is 13.8 Å². The van der Waals surface area contributed by atoms with E-state index in [0.29, 0.717) is 6.04 Å². The van der Waals surface area contributed by atoms with Gasteiger partial charge in [-0.25, -0.2) is 0 Å². The molecule has 0 bridgehead atoms. The molecule has 3 heterocycles. The summed E-state index contributed by atoms with van der Waals surface area (Å²) in [5.74, 6) is 0.239. The van der Waals surface area contributed by atoms with Crippen LogP contribution < -0.4 is 0 Å². The van der Waals surface area contributed by atoms with E-state index in [1.807, 2.05) is 23.6 Å². The number of amides is 2. The number of rotatable bonds is 3. The summed E-state index contributed by atoms with van der Waals surface area (Å²) in [6, 6.07) is 0.385. The topological polar surface area (TPSA) is 53.1 Å². The molecule has 24 heavy (non-hydrogen) atoms. The maximum Gasteiger partial charge on any atom is 0.245 e. The molecule has 0 aromatic carbocycles. The van der Waals surface area contributed by atoms with Crippen molar-refractivity contribution in [3.8, 4) is 0 Å². The van der Waals surface area contributed by atoms with Crippen LogP contribution in [0.2, 0.25) is 0 Å². The summed E-state index contributed by atoms with van der Waals surface area (Å²) in [6.45, 7) is 9.74. The molecule has 136 valence electrons. The van der Waals surface area contributed by atoms with Crippen molar-refractivity contribution < 1.29 is 14.3 Å². The molecule has 0 radical (unpaired) electrons. The van der Waals surface area contributed by atoms with Crippen molar-refractivity contribution in [2.24, 2.45) is 5.92 Å². The summed E-state index contributed by atoms with van der Waals surface area (Å²) in [5, 5.41) is 0. The van der Waals surface area contributed by atoms with Crippen molar-refractivity contribution in [2.75, 3.05) is 45.9 Å². The Balaban J connectivity index is 1.53. The molecule has 2 amide bonds. The third-order valence-electron chi connectivity index (χ3n) is 5.65. The molecule has 1 unspecified atom stereocenters. The third-order valence-corrected chi connectivity index (χ3v) is 5.65. The zero-order valence-corrected chi connectivity index (χ0v) is 15.1. The number of ether oxygens (including phenoxy) is 1. The number of piperazine rings is 1. The molecule has 0 spiro atoms. The highest BCUT2D eigenvalue weighted by Gasteiger charge is 2.38. The molecule has 0 aliphatic carbocycles. The smallest absolute Gasteiger partial charge is 0.245 e. The maximum absolute atomic E-state index is 12.9. The van der Waals surface area contributed by atoms with E-state index in [0.717, 1.165) is 71.6 Å². The first-order valence-corrected chi connectivity index (χ1v) is 9.49. The molecule has 0 saturated carbocycles. The Labute approximate surface area is 145 Å². The third kappa shape index (κ3) is 3.75. The highest BCUT2D eigenvalue weighted by Crippen LogP contribution is 2.23. The van der Waals surface area contributed by atoms with Crippen molar-refractivity contribution in [2.45, 2.75) is 51.6 Å². The molecule has 0 N–H and O–H groups in total. The van der Waals surface area contributed by atoms with Gasteiger partial charge in [0.25, 0.3) is 0 Å². The predicted molar refractivity (Wildman–Crippen MR) is 91.6 cm³/mol. The Kier molecular flexibility index (Phi) is 5.76. The quantitative estimate of drug-likeness (QED) is 0.770. The van der Waals surface area contributed by atoms with Crippen LogP contribution in [-0.2, 0) is 14.3 Å². The number of likely N-dealkylation sites (tertiary alicyclic amines) is 1. The predicted octanol–water partition coefficient (Wildman–Crippen LogP) is 0.957. The van der Waals surface area contributed by atoms with Gasteiger partial charge in [-0.15, -0.1) is 0 Å². The van der Waals surface area contributed by atoms with Crippen LogP contribution in [0.4, 0.5) is 0 Å². The van der Waals surface area contributed by atoms with E-state index >= 15 is 0 Å². The molecule has 0 aromatic rings. The maximum atomic E-state index is 12.9. The minimum absolute atomic E-state index is 0.0382. The number of carbonyl (C=O) groups is 2. The fraction of sp³-hybridized carbons (Fsp3) is 0.889. The highest BCUT2D eigenvalue weighted by molar-refractivity contribution is 5.89. The largest absolute Gasteiger partial charge is 0.381 e. The zero-order valence-electron chi connectivity index (χ0n) is 15.1. The summed E-state index contributed by atoms with van der Waals surface area (Å²) in [7, 11) is 0. The Hall–Kier alpha value is -1.14. The second-order valence-corrected chi connectivity index (χ2v) is 7.55. The SMILES string of the molecule is CC(C)C(=O)N1CCCC1C(=O)N1CCN(C2CCOCC2)CC1. The molecule has 6 heteroatoms. The van der Waals surface area contributed by atoms with Gasteiger partial charge in [0.05, 0.1) is 0 Å². The molecule has 1 atom stereocenters. The van der Waals surface area contributed by atoms with E-state index < -0.39 is 0 Å². The first kappa shape index (κ1) is 17.7. The lowest BCUT2D eigenvalue weighted by molar-refractivity contribution is -0.146. The van der Waals surface area contributed by atoms with Crippen LogP contribution >= 0.6 is 0 Å². The fourth-order valence-corrected chi connectivity index (χ4v) is 4.19. The average molecular weight is 337 g/mol. The Bertz CT molecular complexity index is 454. The van der Waals surface area contributed by atoms with Gasteiger partial charge < -0.3 is 14.5 Å². The van der Waals surface area contributed by atoms with Gasteiger partial charge in [-0.2, -0.15) is 0 Å². The summed E-state index contributed by atoms with van der Waals surface area (Å²) in [6.07, 6.45) is 3.97. The van der Waals surface area contributed by atoms with Crippen LogP contribution in [0.15, 0.2) is 0 Å². The van der Waals surface area contributed by atoms with Gasteiger partial charge >= 0.3 is 0 Å². The molecule has 3 saturated heterocycles.